The molecule has 2 aliphatic rings. The Balaban J connectivity index is 1.34. The van der Waals surface area contributed by atoms with Gasteiger partial charge in [-0.3, -0.25) is 9.88 Å². The van der Waals surface area contributed by atoms with Crippen LogP contribution in [0.1, 0.15) is 42.1 Å². The molecule has 4 rings (SSSR count). The van der Waals surface area contributed by atoms with Gasteiger partial charge in [0.25, 0.3) is 0 Å². The highest BCUT2D eigenvalue weighted by molar-refractivity contribution is 5.10. The minimum Gasteiger partial charge on any atom is -0.339 e. The Labute approximate surface area is 111 Å². The van der Waals surface area contributed by atoms with Gasteiger partial charge in [-0.05, 0) is 25.0 Å². The van der Waals surface area contributed by atoms with Gasteiger partial charge in [-0.2, -0.15) is 4.98 Å². The minimum absolute atomic E-state index is 0.406. The van der Waals surface area contributed by atoms with E-state index in [1.165, 1.54) is 12.8 Å². The van der Waals surface area contributed by atoms with Crippen molar-refractivity contribution in [3.05, 3.63) is 41.8 Å². The van der Waals surface area contributed by atoms with Gasteiger partial charge in [0.15, 0.2) is 5.82 Å². The second-order valence-electron chi connectivity index (χ2n) is 5.48. The minimum atomic E-state index is 0.406. The Hall–Kier alpha value is -1.75. The van der Waals surface area contributed by atoms with E-state index in [0.29, 0.717) is 11.8 Å². The molecule has 1 aliphatic carbocycles. The van der Waals surface area contributed by atoms with Gasteiger partial charge in [0.2, 0.25) is 5.89 Å². The van der Waals surface area contributed by atoms with Crippen LogP contribution in [0.15, 0.2) is 28.9 Å². The first-order valence-electron chi connectivity index (χ1n) is 6.84. The summed E-state index contributed by atoms with van der Waals surface area (Å²) in [6.45, 7) is 2.88. The van der Waals surface area contributed by atoms with Gasteiger partial charge < -0.3 is 4.52 Å². The van der Waals surface area contributed by atoms with Crippen molar-refractivity contribution in [2.24, 2.45) is 0 Å². The molecule has 2 aromatic rings. The molecule has 0 radical (unpaired) electrons. The van der Waals surface area contributed by atoms with E-state index in [9.17, 15) is 0 Å². The van der Waals surface area contributed by atoms with E-state index < -0.39 is 0 Å². The number of likely N-dealkylation sites (tertiary alicyclic amines) is 1. The van der Waals surface area contributed by atoms with E-state index in [-0.39, 0.29) is 0 Å². The fraction of sp³-hybridized carbons (Fsp3) is 0.500. The number of hydrogen-bond donors (Lipinski definition) is 0. The number of hydrogen-bond acceptors (Lipinski definition) is 5. The van der Waals surface area contributed by atoms with Crippen LogP contribution < -0.4 is 0 Å². The summed E-state index contributed by atoms with van der Waals surface area (Å²) in [5, 5.41) is 4.07. The van der Waals surface area contributed by atoms with E-state index in [1.54, 1.807) is 0 Å². The van der Waals surface area contributed by atoms with Crippen LogP contribution in [0.3, 0.4) is 0 Å². The van der Waals surface area contributed by atoms with Crippen molar-refractivity contribution in [1.29, 1.82) is 0 Å². The number of aromatic nitrogens is 3. The fourth-order valence-electron chi connectivity index (χ4n) is 2.50. The van der Waals surface area contributed by atoms with Gasteiger partial charge in [-0.15, -0.1) is 0 Å². The molecule has 0 spiro atoms. The number of nitrogens with zero attached hydrogens (tertiary/aromatic N) is 4. The smallest absolute Gasteiger partial charge is 0.232 e. The third-order valence-electron chi connectivity index (χ3n) is 3.82. The van der Waals surface area contributed by atoms with Crippen molar-refractivity contribution in [3.8, 4) is 0 Å². The van der Waals surface area contributed by atoms with Crippen LogP contribution >= 0.6 is 0 Å². The lowest BCUT2D eigenvalue weighted by atomic mass is 10.00. The third kappa shape index (κ3) is 2.26. The first kappa shape index (κ1) is 11.1. The largest absolute Gasteiger partial charge is 0.339 e. The monoisotopic (exact) mass is 256 g/mol. The summed E-state index contributed by atoms with van der Waals surface area (Å²) >= 11 is 0. The molecule has 5 nitrogen and oxygen atoms in total. The summed E-state index contributed by atoms with van der Waals surface area (Å²) in [5.41, 5.74) is 1.12. The summed E-state index contributed by atoms with van der Waals surface area (Å²) in [6.07, 6.45) is 4.28. The van der Waals surface area contributed by atoms with Crippen LogP contribution in [0.2, 0.25) is 0 Å². The highest BCUT2D eigenvalue weighted by Gasteiger charge is 2.35. The van der Waals surface area contributed by atoms with Crippen molar-refractivity contribution in [2.45, 2.75) is 31.2 Å². The zero-order valence-electron chi connectivity index (χ0n) is 10.7. The molecule has 1 aliphatic heterocycles. The zero-order valence-corrected chi connectivity index (χ0v) is 10.7. The van der Waals surface area contributed by atoms with Gasteiger partial charge in [0.1, 0.15) is 0 Å². The molecule has 98 valence electrons. The van der Waals surface area contributed by atoms with E-state index >= 15 is 0 Å². The lowest BCUT2D eigenvalue weighted by Gasteiger charge is -2.36. The normalized spacial score (nSPS) is 20.4. The Morgan fingerprint density at radius 1 is 1.21 bits per heavy atom. The number of rotatable bonds is 4. The van der Waals surface area contributed by atoms with Crippen molar-refractivity contribution in [3.63, 3.8) is 0 Å². The van der Waals surface area contributed by atoms with Crippen molar-refractivity contribution in [1.82, 2.24) is 20.0 Å². The Bertz CT molecular complexity index is 558. The molecule has 0 amide bonds. The highest BCUT2D eigenvalue weighted by atomic mass is 16.5. The molecule has 1 saturated heterocycles. The molecule has 19 heavy (non-hydrogen) atoms. The number of pyridine rings is 1. The van der Waals surface area contributed by atoms with Crippen LogP contribution in [0, 0.1) is 0 Å². The lowest BCUT2D eigenvalue weighted by molar-refractivity contribution is 0.116. The van der Waals surface area contributed by atoms with E-state index in [2.05, 4.69) is 26.1 Å². The maximum absolute atomic E-state index is 5.37. The first-order valence-corrected chi connectivity index (χ1v) is 6.84. The van der Waals surface area contributed by atoms with Gasteiger partial charge in [0.05, 0.1) is 11.6 Å². The summed E-state index contributed by atoms with van der Waals surface area (Å²) in [4.78, 5) is 11.2. The van der Waals surface area contributed by atoms with Crippen LogP contribution in [0.25, 0.3) is 0 Å². The average molecular weight is 256 g/mol. The molecule has 0 N–H and O–H groups in total. The molecular formula is C14H16N4O. The van der Waals surface area contributed by atoms with Crippen LogP contribution in [0.5, 0.6) is 0 Å². The van der Waals surface area contributed by atoms with Gasteiger partial charge in [0, 0.05) is 31.7 Å². The molecule has 2 fully saturated rings. The molecule has 0 atom stereocenters. The van der Waals surface area contributed by atoms with Crippen LogP contribution in [0.4, 0.5) is 0 Å². The standard InChI is InChI=1S/C14H16N4O/c1-2-6-15-12(3-1)9-18-7-11(8-18)14-16-13(17-19-14)10-4-5-10/h1-3,6,10-11H,4-5,7-9H2. The molecule has 0 unspecified atom stereocenters. The van der Waals surface area contributed by atoms with Gasteiger partial charge in [-0.25, -0.2) is 0 Å². The Kier molecular flexibility index (Phi) is 2.58. The fourth-order valence-corrected chi connectivity index (χ4v) is 2.50. The van der Waals surface area contributed by atoms with Crippen molar-refractivity contribution in [2.75, 3.05) is 13.1 Å². The van der Waals surface area contributed by atoms with Crippen LogP contribution in [-0.2, 0) is 6.54 Å². The summed E-state index contributed by atoms with van der Waals surface area (Å²) in [5.74, 6) is 2.71. The van der Waals surface area contributed by atoms with Crippen LogP contribution in [-0.4, -0.2) is 33.1 Å². The van der Waals surface area contributed by atoms with Gasteiger partial charge >= 0.3 is 0 Å². The molecular weight excluding hydrogens is 240 g/mol. The van der Waals surface area contributed by atoms with Crippen molar-refractivity contribution >= 4 is 0 Å². The molecule has 5 heteroatoms. The summed E-state index contributed by atoms with van der Waals surface area (Å²) in [6, 6.07) is 6.03. The molecule has 3 heterocycles. The molecule has 0 bridgehead atoms. The van der Waals surface area contributed by atoms with Crippen molar-refractivity contribution < 1.29 is 4.52 Å². The predicted molar refractivity (Wildman–Crippen MR) is 68.5 cm³/mol. The average Bonchev–Trinajstić information content (AvgIpc) is 3.14. The molecule has 0 aromatic carbocycles. The quantitative estimate of drug-likeness (QED) is 0.836. The Morgan fingerprint density at radius 2 is 2.11 bits per heavy atom. The topological polar surface area (TPSA) is 55.1 Å². The van der Waals surface area contributed by atoms with E-state index in [0.717, 1.165) is 37.0 Å². The summed E-state index contributed by atoms with van der Waals surface area (Å²) < 4.78 is 5.37. The lowest BCUT2D eigenvalue weighted by Crippen LogP contribution is -2.44. The van der Waals surface area contributed by atoms with E-state index in [4.69, 9.17) is 4.52 Å². The zero-order chi connectivity index (χ0) is 12.7. The third-order valence-corrected chi connectivity index (χ3v) is 3.82. The highest BCUT2D eigenvalue weighted by Crippen LogP contribution is 2.39. The molecule has 1 saturated carbocycles. The SMILES string of the molecule is c1ccc(CN2CC(c3nc(C4CC4)no3)C2)nc1. The molecule has 2 aromatic heterocycles. The first-order chi connectivity index (χ1) is 9.38. The second-order valence-corrected chi connectivity index (χ2v) is 5.48. The van der Waals surface area contributed by atoms with E-state index in [1.807, 2.05) is 18.3 Å². The van der Waals surface area contributed by atoms with Gasteiger partial charge in [-0.1, -0.05) is 11.2 Å². The summed E-state index contributed by atoms with van der Waals surface area (Å²) in [7, 11) is 0. The maximum atomic E-state index is 5.37. The Morgan fingerprint density at radius 3 is 2.84 bits per heavy atom. The second kappa shape index (κ2) is 4.42. The maximum Gasteiger partial charge on any atom is 0.232 e. The predicted octanol–water partition coefficient (Wildman–Crippen LogP) is 1.94.